The summed E-state index contributed by atoms with van der Waals surface area (Å²) in [6.45, 7) is 5.42. The zero-order chi connectivity index (χ0) is 18.5. The van der Waals surface area contributed by atoms with Gasteiger partial charge >= 0.3 is 6.18 Å². The lowest BCUT2D eigenvalue weighted by Gasteiger charge is -2.24. The normalized spacial score (nSPS) is 20.6. The van der Waals surface area contributed by atoms with Crippen LogP contribution >= 0.6 is 24.0 Å². The SMILES string of the molecule is CCNC(=NCc1ccc(F)cc1C(F)(F)F)NCC1(C)CCCO1.I. The lowest BCUT2D eigenvalue weighted by atomic mass is 10.0. The van der Waals surface area contributed by atoms with Gasteiger partial charge in [0.1, 0.15) is 5.82 Å². The molecule has 4 nitrogen and oxygen atoms in total. The quantitative estimate of drug-likeness (QED) is 0.284. The maximum absolute atomic E-state index is 13.2. The predicted octanol–water partition coefficient (Wildman–Crippen LogP) is 4.09. The maximum atomic E-state index is 13.2. The first-order chi connectivity index (χ1) is 11.7. The van der Waals surface area contributed by atoms with Crippen molar-refractivity contribution in [1.29, 1.82) is 0 Å². The number of rotatable bonds is 5. The van der Waals surface area contributed by atoms with Crippen molar-refractivity contribution in [3.63, 3.8) is 0 Å². The zero-order valence-corrected chi connectivity index (χ0v) is 17.1. The van der Waals surface area contributed by atoms with E-state index < -0.39 is 17.6 Å². The molecule has 1 aliphatic rings. The number of nitrogens with zero attached hydrogens (tertiary/aromatic N) is 1. The summed E-state index contributed by atoms with van der Waals surface area (Å²) >= 11 is 0. The van der Waals surface area contributed by atoms with E-state index in [4.69, 9.17) is 4.74 Å². The molecule has 1 aromatic carbocycles. The van der Waals surface area contributed by atoms with Gasteiger partial charge in [-0.1, -0.05) is 6.07 Å². The third-order valence-electron chi connectivity index (χ3n) is 4.06. The standard InChI is InChI=1S/C17H23F4N3O.HI/c1-3-22-15(24-11-16(2)7-4-8-25-16)23-10-12-5-6-13(18)9-14(12)17(19,20)21;/h5-6,9H,3-4,7-8,10-11H2,1-2H3,(H2,22,23,24);1H. The molecule has 0 amide bonds. The predicted molar refractivity (Wildman–Crippen MR) is 103 cm³/mol. The summed E-state index contributed by atoms with van der Waals surface area (Å²) in [5.74, 6) is -0.520. The third-order valence-corrected chi connectivity index (χ3v) is 4.06. The topological polar surface area (TPSA) is 45.7 Å². The van der Waals surface area contributed by atoms with Crippen molar-refractivity contribution >= 4 is 29.9 Å². The number of benzene rings is 1. The van der Waals surface area contributed by atoms with Crippen LogP contribution in [0.3, 0.4) is 0 Å². The van der Waals surface area contributed by atoms with Crippen LogP contribution in [0, 0.1) is 5.82 Å². The molecule has 0 aromatic heterocycles. The van der Waals surface area contributed by atoms with Gasteiger partial charge in [0.05, 0.1) is 17.7 Å². The Kier molecular flexibility index (Phi) is 8.58. The van der Waals surface area contributed by atoms with Crippen molar-refractivity contribution in [3.05, 3.63) is 35.1 Å². The lowest BCUT2D eigenvalue weighted by Crippen LogP contribution is -2.45. The fourth-order valence-corrected chi connectivity index (χ4v) is 2.70. The summed E-state index contributed by atoms with van der Waals surface area (Å²) in [5.41, 5.74) is -1.38. The highest BCUT2D eigenvalue weighted by atomic mass is 127. The fourth-order valence-electron chi connectivity index (χ4n) is 2.70. The number of hydrogen-bond donors (Lipinski definition) is 2. The van der Waals surface area contributed by atoms with Crippen molar-refractivity contribution in [3.8, 4) is 0 Å². The smallest absolute Gasteiger partial charge is 0.373 e. The Bertz CT molecular complexity index is 617. The fraction of sp³-hybridized carbons (Fsp3) is 0.588. The van der Waals surface area contributed by atoms with E-state index in [1.54, 1.807) is 0 Å². The summed E-state index contributed by atoms with van der Waals surface area (Å²) in [6, 6.07) is 2.62. The number of guanidine groups is 1. The Labute approximate surface area is 167 Å². The number of ether oxygens (including phenoxy) is 1. The van der Waals surface area contributed by atoms with Crippen LogP contribution < -0.4 is 10.6 Å². The Morgan fingerprint density at radius 1 is 1.31 bits per heavy atom. The van der Waals surface area contributed by atoms with Crippen LogP contribution in [0.25, 0.3) is 0 Å². The first-order valence-electron chi connectivity index (χ1n) is 8.25. The summed E-state index contributed by atoms with van der Waals surface area (Å²) in [4.78, 5) is 4.20. The molecule has 0 spiro atoms. The van der Waals surface area contributed by atoms with E-state index >= 15 is 0 Å². The van der Waals surface area contributed by atoms with E-state index in [-0.39, 0.29) is 41.7 Å². The average Bonchev–Trinajstić information content (AvgIpc) is 2.97. The molecule has 1 aromatic rings. The minimum Gasteiger partial charge on any atom is -0.373 e. The van der Waals surface area contributed by atoms with Gasteiger partial charge in [0.15, 0.2) is 5.96 Å². The summed E-state index contributed by atoms with van der Waals surface area (Å²) in [6.07, 6.45) is -2.73. The molecule has 1 fully saturated rings. The molecular formula is C17H24F4IN3O. The lowest BCUT2D eigenvalue weighted by molar-refractivity contribution is -0.138. The monoisotopic (exact) mass is 489 g/mol. The second kappa shape index (κ2) is 9.72. The Balaban J connectivity index is 0.00000338. The Morgan fingerprint density at radius 2 is 2.04 bits per heavy atom. The van der Waals surface area contributed by atoms with Crippen molar-refractivity contribution < 1.29 is 22.3 Å². The Morgan fingerprint density at radius 3 is 2.62 bits per heavy atom. The molecule has 1 atom stereocenters. The van der Waals surface area contributed by atoms with Crippen molar-refractivity contribution in [1.82, 2.24) is 10.6 Å². The molecule has 1 unspecified atom stereocenters. The molecule has 1 aliphatic heterocycles. The van der Waals surface area contributed by atoms with Crippen molar-refractivity contribution in [2.24, 2.45) is 4.99 Å². The van der Waals surface area contributed by atoms with Gasteiger partial charge in [-0.25, -0.2) is 9.38 Å². The van der Waals surface area contributed by atoms with E-state index in [0.717, 1.165) is 25.0 Å². The molecule has 1 saturated heterocycles. The molecule has 26 heavy (non-hydrogen) atoms. The number of alkyl halides is 3. The molecule has 2 rings (SSSR count). The molecule has 0 saturated carbocycles. The first kappa shape index (κ1) is 22.9. The van der Waals surface area contributed by atoms with E-state index in [2.05, 4.69) is 15.6 Å². The zero-order valence-electron chi connectivity index (χ0n) is 14.8. The molecule has 0 aliphatic carbocycles. The van der Waals surface area contributed by atoms with Crippen LogP contribution in [0.5, 0.6) is 0 Å². The molecule has 0 radical (unpaired) electrons. The number of aliphatic imine (C=N–C) groups is 1. The maximum Gasteiger partial charge on any atom is 0.416 e. The molecule has 1 heterocycles. The number of halogens is 5. The molecule has 148 valence electrons. The van der Waals surface area contributed by atoms with Gasteiger partial charge < -0.3 is 15.4 Å². The van der Waals surface area contributed by atoms with E-state index in [1.807, 2.05) is 13.8 Å². The van der Waals surface area contributed by atoms with Gasteiger partial charge in [0.25, 0.3) is 0 Å². The Hall–Kier alpha value is -1.10. The first-order valence-corrected chi connectivity index (χ1v) is 8.25. The molecule has 0 bridgehead atoms. The second-order valence-corrected chi connectivity index (χ2v) is 6.25. The van der Waals surface area contributed by atoms with Gasteiger partial charge in [-0.3, -0.25) is 0 Å². The van der Waals surface area contributed by atoms with Crippen LogP contribution in [0.2, 0.25) is 0 Å². The van der Waals surface area contributed by atoms with Gasteiger partial charge in [-0.2, -0.15) is 13.2 Å². The average molecular weight is 489 g/mol. The van der Waals surface area contributed by atoms with Gasteiger partial charge in [0, 0.05) is 19.7 Å². The molecule has 9 heteroatoms. The molecular weight excluding hydrogens is 465 g/mol. The van der Waals surface area contributed by atoms with Crippen LogP contribution in [0.4, 0.5) is 17.6 Å². The number of hydrogen-bond acceptors (Lipinski definition) is 2. The molecule has 2 N–H and O–H groups in total. The van der Waals surface area contributed by atoms with Crippen LogP contribution in [-0.2, 0) is 17.5 Å². The minimum atomic E-state index is -4.62. The number of nitrogens with one attached hydrogen (secondary N) is 2. The highest BCUT2D eigenvalue weighted by molar-refractivity contribution is 14.0. The van der Waals surface area contributed by atoms with Crippen molar-refractivity contribution in [2.45, 2.75) is 45.0 Å². The summed E-state index contributed by atoms with van der Waals surface area (Å²) in [5, 5.41) is 6.09. The highest BCUT2D eigenvalue weighted by Crippen LogP contribution is 2.32. The van der Waals surface area contributed by atoms with Crippen LogP contribution in [-0.4, -0.2) is 31.3 Å². The van der Waals surface area contributed by atoms with E-state index in [0.29, 0.717) is 31.7 Å². The third kappa shape index (κ3) is 6.57. The van der Waals surface area contributed by atoms with Crippen molar-refractivity contribution in [2.75, 3.05) is 19.7 Å². The minimum absolute atomic E-state index is 0. The van der Waals surface area contributed by atoms with E-state index in [9.17, 15) is 17.6 Å². The summed E-state index contributed by atoms with van der Waals surface area (Å²) in [7, 11) is 0. The second-order valence-electron chi connectivity index (χ2n) is 6.25. The summed E-state index contributed by atoms with van der Waals surface area (Å²) < 4.78 is 58.0. The van der Waals surface area contributed by atoms with E-state index in [1.165, 1.54) is 0 Å². The highest BCUT2D eigenvalue weighted by Gasteiger charge is 2.33. The largest absolute Gasteiger partial charge is 0.416 e. The van der Waals surface area contributed by atoms with Crippen LogP contribution in [0.1, 0.15) is 37.8 Å². The van der Waals surface area contributed by atoms with Gasteiger partial charge in [0.2, 0.25) is 0 Å². The van der Waals surface area contributed by atoms with Gasteiger partial charge in [-0.05, 0) is 44.4 Å². The van der Waals surface area contributed by atoms with Crippen LogP contribution in [0.15, 0.2) is 23.2 Å². The van der Waals surface area contributed by atoms with Gasteiger partial charge in [-0.15, -0.1) is 24.0 Å².